The molecule has 2 amide bonds. The fraction of sp³-hybridized carbons (Fsp3) is 0.529. The standard InChI is InChI=1S/C17H24N4O4/c1-2-4-16(22)20-12-3-5-15(20)17(23)19-11-10-18-13-6-8-14(9-7-13)21(24)25/h6-9,15,18H,2-5,10-12H2,1H3,(H,19,23)/t15-/m1/s1. The van der Waals surface area contributed by atoms with Crippen LogP contribution in [0.25, 0.3) is 0 Å². The number of nitrogens with zero attached hydrogens (tertiary/aromatic N) is 2. The lowest BCUT2D eigenvalue weighted by Gasteiger charge is -2.24. The highest BCUT2D eigenvalue weighted by Crippen LogP contribution is 2.19. The first-order valence-electron chi connectivity index (χ1n) is 8.58. The van der Waals surface area contributed by atoms with E-state index in [2.05, 4.69) is 10.6 Å². The Hall–Kier alpha value is -2.64. The molecule has 1 aromatic rings. The summed E-state index contributed by atoms with van der Waals surface area (Å²) in [5.74, 6) is -0.0726. The van der Waals surface area contributed by atoms with Crippen LogP contribution in [0.15, 0.2) is 24.3 Å². The first-order chi connectivity index (χ1) is 12.0. The Kier molecular flexibility index (Phi) is 6.73. The third-order valence-corrected chi connectivity index (χ3v) is 4.17. The lowest BCUT2D eigenvalue weighted by molar-refractivity contribution is -0.384. The molecule has 1 saturated heterocycles. The lowest BCUT2D eigenvalue weighted by atomic mass is 10.2. The number of hydrogen-bond acceptors (Lipinski definition) is 5. The highest BCUT2D eigenvalue weighted by Gasteiger charge is 2.33. The lowest BCUT2D eigenvalue weighted by Crippen LogP contribution is -2.46. The Morgan fingerprint density at radius 2 is 2.00 bits per heavy atom. The minimum Gasteiger partial charge on any atom is -0.383 e. The third-order valence-electron chi connectivity index (χ3n) is 4.17. The van der Waals surface area contributed by atoms with Crippen molar-refractivity contribution in [2.24, 2.45) is 0 Å². The molecule has 8 nitrogen and oxygen atoms in total. The van der Waals surface area contributed by atoms with E-state index in [0.29, 0.717) is 32.5 Å². The van der Waals surface area contributed by atoms with Gasteiger partial charge in [0.15, 0.2) is 0 Å². The molecule has 0 bridgehead atoms. The molecule has 2 rings (SSSR count). The number of non-ortho nitro benzene ring substituents is 1. The minimum atomic E-state index is -0.447. The minimum absolute atomic E-state index is 0.0388. The summed E-state index contributed by atoms with van der Waals surface area (Å²) in [5, 5.41) is 16.5. The number of amides is 2. The van der Waals surface area contributed by atoms with Gasteiger partial charge in [-0.2, -0.15) is 0 Å². The molecule has 2 N–H and O–H groups in total. The quantitative estimate of drug-likeness (QED) is 0.424. The van der Waals surface area contributed by atoms with Gasteiger partial charge in [-0.1, -0.05) is 6.92 Å². The zero-order valence-electron chi connectivity index (χ0n) is 14.4. The van der Waals surface area contributed by atoms with E-state index >= 15 is 0 Å². The van der Waals surface area contributed by atoms with Crippen molar-refractivity contribution in [1.82, 2.24) is 10.2 Å². The van der Waals surface area contributed by atoms with Crippen molar-refractivity contribution in [3.05, 3.63) is 34.4 Å². The average molecular weight is 348 g/mol. The second kappa shape index (κ2) is 9.00. The van der Waals surface area contributed by atoms with Crippen molar-refractivity contribution < 1.29 is 14.5 Å². The molecule has 136 valence electrons. The fourth-order valence-electron chi connectivity index (χ4n) is 2.91. The Bertz CT molecular complexity index is 618. The third kappa shape index (κ3) is 5.17. The molecule has 0 aliphatic carbocycles. The summed E-state index contributed by atoms with van der Waals surface area (Å²) in [5.41, 5.74) is 0.789. The van der Waals surface area contributed by atoms with Crippen LogP contribution in [0.1, 0.15) is 32.6 Å². The number of benzene rings is 1. The number of carbonyl (C=O) groups is 2. The van der Waals surface area contributed by atoms with Gasteiger partial charge in [-0.3, -0.25) is 19.7 Å². The van der Waals surface area contributed by atoms with Crippen LogP contribution in [0.5, 0.6) is 0 Å². The molecule has 0 radical (unpaired) electrons. The number of nitro groups is 1. The molecular formula is C17H24N4O4. The van der Waals surface area contributed by atoms with Gasteiger partial charge in [0.1, 0.15) is 6.04 Å². The molecule has 1 aliphatic heterocycles. The van der Waals surface area contributed by atoms with E-state index < -0.39 is 4.92 Å². The molecule has 0 unspecified atom stereocenters. The number of rotatable bonds is 8. The van der Waals surface area contributed by atoms with Gasteiger partial charge in [0, 0.05) is 43.9 Å². The summed E-state index contributed by atoms with van der Waals surface area (Å²) in [7, 11) is 0. The summed E-state index contributed by atoms with van der Waals surface area (Å²) in [6, 6.07) is 5.75. The molecule has 0 spiro atoms. The molecule has 0 aromatic heterocycles. The molecule has 1 heterocycles. The van der Waals surface area contributed by atoms with E-state index in [0.717, 1.165) is 18.5 Å². The second-order valence-electron chi connectivity index (χ2n) is 6.02. The van der Waals surface area contributed by atoms with E-state index in [1.54, 1.807) is 17.0 Å². The summed E-state index contributed by atoms with van der Waals surface area (Å²) in [4.78, 5) is 36.2. The van der Waals surface area contributed by atoms with Crippen LogP contribution in [0, 0.1) is 10.1 Å². The molecule has 8 heteroatoms. The first-order valence-corrected chi connectivity index (χ1v) is 8.58. The fourth-order valence-corrected chi connectivity index (χ4v) is 2.91. The predicted octanol–water partition coefficient (Wildman–Crippen LogP) is 1.91. The summed E-state index contributed by atoms with van der Waals surface area (Å²) in [6.45, 7) is 3.52. The van der Waals surface area contributed by atoms with Crippen LogP contribution in [0.4, 0.5) is 11.4 Å². The molecule has 1 atom stereocenters. The van der Waals surface area contributed by atoms with Gasteiger partial charge in [0.2, 0.25) is 11.8 Å². The maximum absolute atomic E-state index is 12.3. The van der Waals surface area contributed by atoms with E-state index in [9.17, 15) is 19.7 Å². The van der Waals surface area contributed by atoms with Crippen LogP contribution in [0.2, 0.25) is 0 Å². The van der Waals surface area contributed by atoms with Crippen LogP contribution in [0.3, 0.4) is 0 Å². The van der Waals surface area contributed by atoms with Crippen LogP contribution in [-0.2, 0) is 9.59 Å². The number of nitro benzene ring substituents is 1. The number of nitrogens with one attached hydrogen (secondary N) is 2. The Balaban J connectivity index is 1.74. The molecule has 0 saturated carbocycles. The van der Waals surface area contributed by atoms with E-state index in [1.807, 2.05) is 6.92 Å². The van der Waals surface area contributed by atoms with Gasteiger partial charge in [0.05, 0.1) is 4.92 Å². The van der Waals surface area contributed by atoms with Crippen molar-refractivity contribution in [2.45, 2.75) is 38.6 Å². The van der Waals surface area contributed by atoms with Crippen molar-refractivity contribution in [3.63, 3.8) is 0 Å². The van der Waals surface area contributed by atoms with E-state index in [4.69, 9.17) is 0 Å². The Labute approximate surface area is 146 Å². The van der Waals surface area contributed by atoms with Crippen LogP contribution >= 0.6 is 0 Å². The zero-order valence-corrected chi connectivity index (χ0v) is 14.4. The van der Waals surface area contributed by atoms with Crippen LogP contribution in [-0.4, -0.2) is 47.3 Å². The van der Waals surface area contributed by atoms with Gasteiger partial charge in [0.25, 0.3) is 5.69 Å². The monoisotopic (exact) mass is 348 g/mol. The summed E-state index contributed by atoms with van der Waals surface area (Å²) in [6.07, 6.45) is 2.82. The highest BCUT2D eigenvalue weighted by molar-refractivity contribution is 5.88. The molecule has 1 fully saturated rings. The maximum atomic E-state index is 12.3. The first kappa shape index (κ1) is 18.7. The maximum Gasteiger partial charge on any atom is 0.269 e. The smallest absolute Gasteiger partial charge is 0.269 e. The Morgan fingerprint density at radius 3 is 2.64 bits per heavy atom. The molecule has 1 aromatic carbocycles. The second-order valence-corrected chi connectivity index (χ2v) is 6.02. The summed E-state index contributed by atoms with van der Waals surface area (Å²) < 4.78 is 0. The van der Waals surface area contributed by atoms with Crippen molar-refractivity contribution >= 4 is 23.2 Å². The summed E-state index contributed by atoms with van der Waals surface area (Å²) >= 11 is 0. The highest BCUT2D eigenvalue weighted by atomic mass is 16.6. The largest absolute Gasteiger partial charge is 0.383 e. The van der Waals surface area contributed by atoms with Crippen LogP contribution < -0.4 is 10.6 Å². The topological polar surface area (TPSA) is 105 Å². The van der Waals surface area contributed by atoms with Crippen molar-refractivity contribution in [1.29, 1.82) is 0 Å². The normalized spacial score (nSPS) is 16.5. The van der Waals surface area contributed by atoms with Crippen molar-refractivity contribution in [2.75, 3.05) is 25.0 Å². The van der Waals surface area contributed by atoms with Crippen molar-refractivity contribution in [3.8, 4) is 0 Å². The van der Waals surface area contributed by atoms with Gasteiger partial charge in [-0.25, -0.2) is 0 Å². The number of anilines is 1. The Morgan fingerprint density at radius 1 is 1.28 bits per heavy atom. The zero-order chi connectivity index (χ0) is 18.2. The van der Waals surface area contributed by atoms with E-state index in [1.165, 1.54) is 12.1 Å². The molecule has 25 heavy (non-hydrogen) atoms. The van der Waals surface area contributed by atoms with Gasteiger partial charge < -0.3 is 15.5 Å². The average Bonchev–Trinajstić information content (AvgIpc) is 3.09. The van der Waals surface area contributed by atoms with Gasteiger partial charge in [-0.15, -0.1) is 0 Å². The number of hydrogen-bond donors (Lipinski definition) is 2. The number of likely N-dealkylation sites (tertiary alicyclic amines) is 1. The molecule has 1 aliphatic rings. The van der Waals surface area contributed by atoms with E-state index in [-0.39, 0.29) is 23.5 Å². The predicted molar refractivity (Wildman–Crippen MR) is 94.2 cm³/mol. The number of carbonyl (C=O) groups excluding carboxylic acids is 2. The molecular weight excluding hydrogens is 324 g/mol. The SMILES string of the molecule is CCCC(=O)N1CCC[C@@H]1C(=O)NCCNc1ccc([N+](=O)[O-])cc1. The van der Waals surface area contributed by atoms with Gasteiger partial charge in [-0.05, 0) is 31.4 Å². The van der Waals surface area contributed by atoms with Gasteiger partial charge >= 0.3 is 0 Å².